The molecule has 3 N–H and O–H groups in total. The number of unbranched alkanes of at least 4 members (excludes halogenated alkanes) is 2. The quantitative estimate of drug-likeness (QED) is 0.325. The van der Waals surface area contributed by atoms with E-state index in [2.05, 4.69) is 72.6 Å². The lowest BCUT2D eigenvalue weighted by Crippen LogP contribution is -1.99. The van der Waals surface area contributed by atoms with E-state index < -0.39 is 0 Å². The lowest BCUT2D eigenvalue weighted by molar-refractivity contribution is 0.309. The maximum absolute atomic E-state index is 5.84. The third-order valence-corrected chi connectivity index (χ3v) is 5.60. The van der Waals surface area contributed by atoms with Crippen molar-refractivity contribution in [2.75, 3.05) is 13.2 Å². The van der Waals surface area contributed by atoms with Gasteiger partial charge in [0.15, 0.2) is 0 Å². The van der Waals surface area contributed by atoms with Crippen molar-refractivity contribution in [2.24, 2.45) is 5.73 Å². The van der Waals surface area contributed by atoms with Gasteiger partial charge in [-0.1, -0.05) is 49.7 Å². The van der Waals surface area contributed by atoms with Gasteiger partial charge in [-0.3, -0.25) is 0 Å². The summed E-state index contributed by atoms with van der Waals surface area (Å²) in [4.78, 5) is 3.75. The number of aromatic amines is 1. The van der Waals surface area contributed by atoms with Crippen molar-refractivity contribution >= 4 is 21.7 Å². The van der Waals surface area contributed by atoms with Gasteiger partial charge in [-0.05, 0) is 73.0 Å². The number of nitrogens with two attached hydrogens (primary N) is 1. The molecule has 0 fully saturated rings. The van der Waals surface area contributed by atoms with Gasteiger partial charge < -0.3 is 15.5 Å². The summed E-state index contributed by atoms with van der Waals surface area (Å²) in [7, 11) is 0. The summed E-state index contributed by atoms with van der Waals surface area (Å²) >= 11 is 0. The molecular weight excluding hydrogens is 356 g/mol. The Labute approximate surface area is 172 Å². The molecule has 0 amide bonds. The highest BCUT2D eigenvalue weighted by atomic mass is 16.5. The van der Waals surface area contributed by atoms with E-state index in [0.717, 1.165) is 51.0 Å². The SMILES string of the molecule is CCCCOc1ccc(-c2[nH]c3c(ccc4ccccc43)c2CCCCN)cc1. The lowest BCUT2D eigenvalue weighted by atomic mass is 9.99. The number of hydrogen-bond acceptors (Lipinski definition) is 2. The van der Waals surface area contributed by atoms with Crippen molar-refractivity contribution in [3.63, 3.8) is 0 Å². The van der Waals surface area contributed by atoms with E-state index in [1.807, 2.05) is 0 Å². The summed E-state index contributed by atoms with van der Waals surface area (Å²) < 4.78 is 5.84. The highest BCUT2D eigenvalue weighted by Crippen LogP contribution is 2.35. The van der Waals surface area contributed by atoms with Gasteiger partial charge in [0.2, 0.25) is 0 Å². The second-order valence-electron chi connectivity index (χ2n) is 7.66. The smallest absolute Gasteiger partial charge is 0.119 e. The van der Waals surface area contributed by atoms with Crippen LogP contribution in [0.25, 0.3) is 32.9 Å². The number of benzene rings is 3. The van der Waals surface area contributed by atoms with Gasteiger partial charge in [0.1, 0.15) is 5.75 Å². The fourth-order valence-corrected chi connectivity index (χ4v) is 4.00. The van der Waals surface area contributed by atoms with Crippen molar-refractivity contribution in [1.29, 1.82) is 0 Å². The van der Waals surface area contributed by atoms with Crippen molar-refractivity contribution in [3.05, 3.63) is 66.2 Å². The molecule has 1 heterocycles. The van der Waals surface area contributed by atoms with Crippen LogP contribution in [0.1, 0.15) is 38.2 Å². The van der Waals surface area contributed by atoms with Gasteiger partial charge in [-0.2, -0.15) is 0 Å². The first-order valence-corrected chi connectivity index (χ1v) is 10.8. The van der Waals surface area contributed by atoms with Crippen LogP contribution in [-0.4, -0.2) is 18.1 Å². The highest BCUT2D eigenvalue weighted by molar-refractivity contribution is 6.08. The maximum atomic E-state index is 5.84. The van der Waals surface area contributed by atoms with E-state index in [-0.39, 0.29) is 0 Å². The molecular formula is C26H30N2O. The molecule has 4 aromatic rings. The summed E-state index contributed by atoms with van der Waals surface area (Å²) in [6.45, 7) is 3.70. The molecule has 0 spiro atoms. The minimum atomic E-state index is 0.740. The van der Waals surface area contributed by atoms with Gasteiger partial charge in [-0.15, -0.1) is 0 Å². The van der Waals surface area contributed by atoms with Crippen LogP contribution in [0.4, 0.5) is 0 Å². The average Bonchev–Trinajstić information content (AvgIpc) is 3.14. The third-order valence-electron chi connectivity index (χ3n) is 5.60. The summed E-state index contributed by atoms with van der Waals surface area (Å²) in [6, 6.07) is 21.6. The van der Waals surface area contributed by atoms with Gasteiger partial charge in [0.25, 0.3) is 0 Å². The molecule has 3 nitrogen and oxygen atoms in total. The zero-order valence-corrected chi connectivity index (χ0v) is 17.2. The molecule has 0 radical (unpaired) electrons. The van der Waals surface area contributed by atoms with Crippen LogP contribution in [0, 0.1) is 0 Å². The zero-order valence-electron chi connectivity index (χ0n) is 17.2. The molecule has 3 heteroatoms. The number of hydrogen-bond donors (Lipinski definition) is 2. The first-order chi connectivity index (χ1) is 14.3. The largest absolute Gasteiger partial charge is 0.494 e. The zero-order chi connectivity index (χ0) is 20.1. The molecule has 150 valence electrons. The number of H-pyrrole nitrogens is 1. The lowest BCUT2D eigenvalue weighted by Gasteiger charge is -2.08. The molecule has 29 heavy (non-hydrogen) atoms. The van der Waals surface area contributed by atoms with E-state index >= 15 is 0 Å². The number of rotatable bonds is 9. The second-order valence-corrected chi connectivity index (χ2v) is 7.66. The predicted octanol–water partition coefficient (Wildman–Crippen LogP) is 6.45. The Kier molecular flexibility index (Phi) is 6.16. The van der Waals surface area contributed by atoms with Gasteiger partial charge >= 0.3 is 0 Å². The fraction of sp³-hybridized carbons (Fsp3) is 0.308. The molecule has 0 bridgehead atoms. The maximum Gasteiger partial charge on any atom is 0.119 e. The number of fused-ring (bicyclic) bond motifs is 3. The molecule has 0 saturated carbocycles. The Balaban J connectivity index is 1.75. The van der Waals surface area contributed by atoms with Crippen LogP contribution >= 0.6 is 0 Å². The minimum absolute atomic E-state index is 0.740. The average molecular weight is 387 g/mol. The predicted molar refractivity (Wildman–Crippen MR) is 124 cm³/mol. The number of nitrogens with one attached hydrogen (secondary N) is 1. The standard InChI is InChI=1S/C26H30N2O/c1-2-3-18-29-21-14-11-20(12-15-21)25-23(10-6-7-17-27)24-16-13-19-8-4-5-9-22(19)26(24)28-25/h4-5,8-9,11-16,28H,2-3,6-7,10,17-18,27H2,1H3. The van der Waals surface area contributed by atoms with E-state index in [1.54, 1.807) is 0 Å². The summed E-state index contributed by atoms with van der Waals surface area (Å²) in [5.74, 6) is 0.938. The topological polar surface area (TPSA) is 51.0 Å². The van der Waals surface area contributed by atoms with Crippen LogP contribution in [0.2, 0.25) is 0 Å². The Hall–Kier alpha value is -2.78. The number of aryl methyl sites for hydroxylation is 1. The molecule has 0 aliphatic heterocycles. The van der Waals surface area contributed by atoms with Crippen molar-refractivity contribution in [2.45, 2.75) is 39.0 Å². The first-order valence-electron chi connectivity index (χ1n) is 10.8. The number of aromatic nitrogens is 1. The summed E-state index contributed by atoms with van der Waals surface area (Å²) in [5.41, 5.74) is 10.8. The molecule has 3 aromatic carbocycles. The van der Waals surface area contributed by atoms with Crippen LogP contribution in [-0.2, 0) is 6.42 Å². The second kappa shape index (κ2) is 9.15. The van der Waals surface area contributed by atoms with Crippen LogP contribution in [0.3, 0.4) is 0 Å². The van der Waals surface area contributed by atoms with Crippen LogP contribution in [0.15, 0.2) is 60.7 Å². The molecule has 0 unspecified atom stereocenters. The van der Waals surface area contributed by atoms with E-state index in [4.69, 9.17) is 10.5 Å². The molecule has 0 saturated heterocycles. The summed E-state index contributed by atoms with van der Waals surface area (Å²) in [6.07, 6.45) is 5.40. The van der Waals surface area contributed by atoms with Gasteiger partial charge in [-0.25, -0.2) is 0 Å². The molecule has 1 aromatic heterocycles. The van der Waals surface area contributed by atoms with Crippen LogP contribution in [0.5, 0.6) is 5.75 Å². The Morgan fingerprint density at radius 3 is 2.48 bits per heavy atom. The Morgan fingerprint density at radius 2 is 1.69 bits per heavy atom. The summed E-state index contributed by atoms with van der Waals surface area (Å²) in [5, 5.41) is 3.86. The molecule has 4 rings (SSSR count). The third kappa shape index (κ3) is 4.15. The molecule has 0 aliphatic carbocycles. The first kappa shape index (κ1) is 19.5. The van der Waals surface area contributed by atoms with Crippen molar-refractivity contribution in [1.82, 2.24) is 4.98 Å². The monoisotopic (exact) mass is 386 g/mol. The number of ether oxygens (including phenoxy) is 1. The van der Waals surface area contributed by atoms with E-state index in [0.29, 0.717) is 0 Å². The normalized spacial score (nSPS) is 11.4. The Bertz CT molecular complexity index is 1080. The molecule has 0 atom stereocenters. The van der Waals surface area contributed by atoms with Gasteiger partial charge in [0, 0.05) is 16.5 Å². The van der Waals surface area contributed by atoms with E-state index in [9.17, 15) is 0 Å². The van der Waals surface area contributed by atoms with Crippen molar-refractivity contribution < 1.29 is 4.74 Å². The Morgan fingerprint density at radius 1 is 0.862 bits per heavy atom. The van der Waals surface area contributed by atoms with Gasteiger partial charge in [0.05, 0.1) is 12.1 Å². The van der Waals surface area contributed by atoms with E-state index in [1.165, 1.54) is 38.5 Å². The fourth-order valence-electron chi connectivity index (χ4n) is 4.00. The van der Waals surface area contributed by atoms with Crippen LogP contribution < -0.4 is 10.5 Å². The molecule has 0 aliphatic rings. The highest BCUT2D eigenvalue weighted by Gasteiger charge is 2.15. The van der Waals surface area contributed by atoms with Crippen molar-refractivity contribution in [3.8, 4) is 17.0 Å². The minimum Gasteiger partial charge on any atom is -0.494 e.